The van der Waals surface area contributed by atoms with E-state index in [0.29, 0.717) is 11.1 Å². The Bertz CT molecular complexity index is 1300. The molecule has 0 amide bonds. The molecule has 1 aromatic carbocycles. The normalized spacial score (nSPS) is 23.9. The summed E-state index contributed by atoms with van der Waals surface area (Å²) < 4.78 is 64.6. The molecule has 230 valence electrons. The minimum atomic E-state index is -4.45. The van der Waals surface area contributed by atoms with Gasteiger partial charge in [0.1, 0.15) is 0 Å². The second-order valence-corrected chi connectivity index (χ2v) is 20.1. The van der Waals surface area contributed by atoms with Gasteiger partial charge >= 0.3 is 6.18 Å². The highest BCUT2D eigenvalue weighted by molar-refractivity contribution is 6.74. The molecule has 2 atom stereocenters. The largest absolute Gasteiger partial charge is 0.416 e. The topological polar surface area (TPSA) is 22.1 Å². The van der Waals surface area contributed by atoms with Gasteiger partial charge in [-0.1, -0.05) is 58.6 Å². The molecular formula is C35H47F4NOSi. The van der Waals surface area contributed by atoms with Crippen LogP contribution in [0.2, 0.25) is 18.1 Å². The Hall–Kier alpha value is -1.73. The average Bonchev–Trinajstić information content (AvgIpc) is 3.32. The molecule has 2 nitrogen and oxygen atoms in total. The molecule has 0 radical (unpaired) electrons. The van der Waals surface area contributed by atoms with Gasteiger partial charge in [-0.3, -0.25) is 4.98 Å². The lowest BCUT2D eigenvalue weighted by atomic mass is 9.74. The van der Waals surface area contributed by atoms with Gasteiger partial charge in [0.2, 0.25) is 0 Å². The van der Waals surface area contributed by atoms with Crippen molar-refractivity contribution in [3.8, 4) is 0 Å². The van der Waals surface area contributed by atoms with Crippen molar-refractivity contribution in [2.24, 2.45) is 5.41 Å². The molecule has 0 saturated heterocycles. The number of pyridine rings is 1. The van der Waals surface area contributed by atoms with Crippen LogP contribution in [0.3, 0.4) is 0 Å². The smallest absolute Gasteiger partial charge is 0.410 e. The molecular weight excluding hydrogens is 554 g/mol. The predicted molar refractivity (Wildman–Crippen MR) is 162 cm³/mol. The van der Waals surface area contributed by atoms with Gasteiger partial charge in [0.25, 0.3) is 0 Å². The highest BCUT2D eigenvalue weighted by atomic mass is 28.4. The first kappa shape index (κ1) is 30.3. The molecule has 2 aromatic rings. The minimum absolute atomic E-state index is 0.0394. The van der Waals surface area contributed by atoms with E-state index in [1.165, 1.54) is 25.0 Å². The number of hydrogen-bond acceptors (Lipinski definition) is 2. The fraction of sp³-hybridized carbons (Fsp3) is 0.686. The van der Waals surface area contributed by atoms with Gasteiger partial charge in [0.05, 0.1) is 17.4 Å². The van der Waals surface area contributed by atoms with Crippen LogP contribution in [0, 0.1) is 5.41 Å². The second kappa shape index (κ2) is 10.7. The predicted octanol–water partition coefficient (Wildman–Crippen LogP) is 11.3. The number of rotatable bonds is 6. The van der Waals surface area contributed by atoms with Crippen molar-refractivity contribution in [3.05, 3.63) is 63.5 Å². The molecule has 0 N–H and O–H groups in total. The molecule has 4 aliphatic carbocycles. The fourth-order valence-electron chi connectivity index (χ4n) is 7.75. The van der Waals surface area contributed by atoms with Crippen molar-refractivity contribution in [2.75, 3.05) is 0 Å². The monoisotopic (exact) mass is 601 g/mol. The summed E-state index contributed by atoms with van der Waals surface area (Å²) >= 11 is 0. The summed E-state index contributed by atoms with van der Waals surface area (Å²) in [5, 5.41) is 0.0394. The van der Waals surface area contributed by atoms with Gasteiger partial charge < -0.3 is 4.43 Å². The first-order valence-electron chi connectivity index (χ1n) is 16.2. The molecule has 6 rings (SSSR count). The Kier molecular flexibility index (Phi) is 7.73. The summed E-state index contributed by atoms with van der Waals surface area (Å²) in [4.78, 5) is 5.42. The van der Waals surface area contributed by atoms with E-state index in [1.807, 2.05) is 0 Å². The third-order valence-corrected chi connectivity index (χ3v) is 15.9. The van der Waals surface area contributed by atoms with Crippen LogP contribution in [0.15, 0.2) is 24.3 Å². The molecule has 1 spiro atoms. The number of alkyl halides is 4. The molecule has 1 aromatic heterocycles. The summed E-state index contributed by atoms with van der Waals surface area (Å²) in [5.74, 6) is 0.443. The molecule has 3 saturated carbocycles. The maximum Gasteiger partial charge on any atom is 0.416 e. The summed E-state index contributed by atoms with van der Waals surface area (Å²) in [7, 11) is -2.16. The standard InChI is InChI=1S/C35H47F4NOSi/c1-33(2,3)42(4,5)41-27-21-34(18-19-34)20-26-29(27)28(22-10-6-7-11-22)30(32(40-26)24-12-8-9-13-24)31(36)23-14-16-25(17-15-23)35(37,38)39/h14-17,22,24,27,31H,6-13,18-21H2,1-5H3/t27-,31?/m0/s1. The Morgan fingerprint density at radius 3 is 1.98 bits per heavy atom. The average molecular weight is 602 g/mol. The zero-order valence-electron chi connectivity index (χ0n) is 26.0. The highest BCUT2D eigenvalue weighted by Gasteiger charge is 2.53. The zero-order valence-corrected chi connectivity index (χ0v) is 27.0. The minimum Gasteiger partial charge on any atom is -0.410 e. The summed E-state index contributed by atoms with van der Waals surface area (Å²) in [6.45, 7) is 11.4. The first-order valence-corrected chi connectivity index (χ1v) is 19.2. The molecule has 7 heteroatoms. The molecule has 42 heavy (non-hydrogen) atoms. The fourth-order valence-corrected chi connectivity index (χ4v) is 9.02. The van der Waals surface area contributed by atoms with Crippen LogP contribution in [0.1, 0.15) is 155 Å². The number of halogens is 4. The van der Waals surface area contributed by atoms with Crippen LogP contribution in [-0.2, 0) is 17.0 Å². The highest BCUT2D eigenvalue weighted by Crippen LogP contribution is 2.61. The molecule has 4 aliphatic rings. The number of benzene rings is 1. The van der Waals surface area contributed by atoms with Gasteiger partial charge in [-0.2, -0.15) is 13.2 Å². The van der Waals surface area contributed by atoms with Gasteiger partial charge in [-0.25, -0.2) is 4.39 Å². The van der Waals surface area contributed by atoms with E-state index in [4.69, 9.17) is 9.41 Å². The van der Waals surface area contributed by atoms with Gasteiger partial charge in [0.15, 0.2) is 14.5 Å². The van der Waals surface area contributed by atoms with Crippen LogP contribution in [0.5, 0.6) is 0 Å². The molecule has 0 aliphatic heterocycles. The third-order valence-electron chi connectivity index (χ3n) is 11.4. The SMILES string of the molecule is CC(C)(C)[Si](C)(C)O[C@H]1CC2(CC2)Cc2nc(C3CCCC3)c(C(F)c3ccc(C(F)(F)F)cc3)c(C3CCCC3)c21. The van der Waals surface area contributed by atoms with E-state index in [1.54, 1.807) is 0 Å². The van der Waals surface area contributed by atoms with Crippen molar-refractivity contribution in [1.82, 2.24) is 4.98 Å². The molecule has 1 heterocycles. The van der Waals surface area contributed by atoms with E-state index in [2.05, 4.69) is 33.9 Å². The maximum atomic E-state index is 17.2. The van der Waals surface area contributed by atoms with Crippen molar-refractivity contribution in [1.29, 1.82) is 0 Å². The van der Waals surface area contributed by atoms with Crippen molar-refractivity contribution in [3.63, 3.8) is 0 Å². The number of fused-ring (bicyclic) bond motifs is 1. The van der Waals surface area contributed by atoms with E-state index in [-0.39, 0.29) is 28.4 Å². The van der Waals surface area contributed by atoms with Crippen LogP contribution in [-0.4, -0.2) is 13.3 Å². The Morgan fingerprint density at radius 1 is 0.881 bits per heavy atom. The van der Waals surface area contributed by atoms with E-state index in [9.17, 15) is 13.2 Å². The second-order valence-electron chi connectivity index (χ2n) is 15.4. The Labute approximate surface area is 250 Å². The van der Waals surface area contributed by atoms with Crippen molar-refractivity contribution < 1.29 is 22.0 Å². The number of hydrogen-bond donors (Lipinski definition) is 0. The lowest BCUT2D eigenvalue weighted by Crippen LogP contribution is -2.43. The van der Waals surface area contributed by atoms with E-state index in [0.717, 1.165) is 98.9 Å². The van der Waals surface area contributed by atoms with E-state index < -0.39 is 26.2 Å². The van der Waals surface area contributed by atoms with Crippen molar-refractivity contribution in [2.45, 2.75) is 146 Å². The third kappa shape index (κ3) is 5.62. The lowest BCUT2D eigenvalue weighted by Gasteiger charge is -2.44. The van der Waals surface area contributed by atoms with Gasteiger partial charge in [0, 0.05) is 22.7 Å². The molecule has 0 bridgehead atoms. The van der Waals surface area contributed by atoms with E-state index >= 15 is 4.39 Å². The van der Waals surface area contributed by atoms with Crippen LogP contribution in [0.25, 0.3) is 0 Å². The van der Waals surface area contributed by atoms with Crippen LogP contribution >= 0.6 is 0 Å². The first-order chi connectivity index (χ1) is 19.7. The quantitative estimate of drug-likeness (QED) is 0.243. The summed E-state index contributed by atoms with van der Waals surface area (Å²) in [5.41, 5.74) is 4.76. The van der Waals surface area contributed by atoms with Crippen LogP contribution in [0.4, 0.5) is 17.6 Å². The summed E-state index contributed by atoms with van der Waals surface area (Å²) in [6, 6.07) is 4.73. The number of nitrogens with zero attached hydrogens (tertiary/aromatic N) is 1. The van der Waals surface area contributed by atoms with Gasteiger partial charge in [-0.05, 0) is 104 Å². The summed E-state index contributed by atoms with van der Waals surface area (Å²) in [6.07, 6.45) is 6.73. The van der Waals surface area contributed by atoms with Crippen molar-refractivity contribution >= 4 is 8.32 Å². The Morgan fingerprint density at radius 2 is 1.45 bits per heavy atom. The van der Waals surface area contributed by atoms with Crippen LogP contribution < -0.4 is 0 Å². The number of aromatic nitrogens is 1. The lowest BCUT2D eigenvalue weighted by molar-refractivity contribution is -0.137. The Balaban J connectivity index is 1.55. The zero-order chi connectivity index (χ0) is 30.1. The maximum absolute atomic E-state index is 17.2. The molecule has 1 unspecified atom stereocenters. The van der Waals surface area contributed by atoms with Gasteiger partial charge in [-0.15, -0.1) is 0 Å². The molecule has 3 fully saturated rings.